The summed E-state index contributed by atoms with van der Waals surface area (Å²) in [5.41, 5.74) is 1.82. The molecule has 132 valence electrons. The molecule has 25 heavy (non-hydrogen) atoms. The van der Waals surface area contributed by atoms with E-state index < -0.39 is 0 Å². The first-order valence-corrected chi connectivity index (χ1v) is 9.29. The van der Waals surface area contributed by atoms with Gasteiger partial charge in [0.2, 0.25) is 0 Å². The van der Waals surface area contributed by atoms with Crippen LogP contribution in [0.1, 0.15) is 41.2 Å². The topological polar surface area (TPSA) is 32.3 Å². The molecular formula is C21H25ClN2O. The quantitative estimate of drug-likeness (QED) is 0.852. The van der Waals surface area contributed by atoms with Gasteiger partial charge in [-0.2, -0.15) is 0 Å². The van der Waals surface area contributed by atoms with Crippen LogP contribution in [0.15, 0.2) is 54.6 Å². The van der Waals surface area contributed by atoms with Crippen molar-refractivity contribution in [1.82, 2.24) is 10.2 Å². The third kappa shape index (κ3) is 5.07. The molecular weight excluding hydrogens is 332 g/mol. The lowest BCUT2D eigenvalue weighted by molar-refractivity contribution is 0.0925. The summed E-state index contributed by atoms with van der Waals surface area (Å²) in [4.78, 5) is 15.0. The van der Waals surface area contributed by atoms with Gasteiger partial charge in [0.25, 0.3) is 5.91 Å². The van der Waals surface area contributed by atoms with E-state index >= 15 is 0 Å². The molecule has 1 aliphatic rings. The van der Waals surface area contributed by atoms with Crippen molar-refractivity contribution in [3.05, 3.63) is 70.7 Å². The normalized spacial score (nSPS) is 17.2. The van der Waals surface area contributed by atoms with Crippen molar-refractivity contribution in [2.45, 2.75) is 25.3 Å². The maximum Gasteiger partial charge on any atom is 0.251 e. The van der Waals surface area contributed by atoms with Crippen LogP contribution in [0.4, 0.5) is 0 Å². The Morgan fingerprint density at radius 3 is 2.40 bits per heavy atom. The highest BCUT2D eigenvalue weighted by atomic mass is 35.5. The van der Waals surface area contributed by atoms with Gasteiger partial charge in [-0.15, -0.1) is 0 Å². The second-order valence-electron chi connectivity index (χ2n) is 6.93. The molecule has 1 saturated heterocycles. The number of halogens is 1. The lowest BCUT2D eigenvalue weighted by Gasteiger charge is -2.31. The Labute approximate surface area is 155 Å². The van der Waals surface area contributed by atoms with E-state index in [9.17, 15) is 4.79 Å². The van der Waals surface area contributed by atoms with Crippen LogP contribution >= 0.6 is 11.6 Å². The number of hydrogen-bond donors (Lipinski definition) is 1. The van der Waals surface area contributed by atoms with Gasteiger partial charge in [0.15, 0.2) is 0 Å². The summed E-state index contributed by atoms with van der Waals surface area (Å²) in [5.74, 6) is 0.602. The summed E-state index contributed by atoms with van der Waals surface area (Å²) in [6, 6.07) is 17.4. The Kier molecular flexibility index (Phi) is 6.11. The zero-order valence-electron chi connectivity index (χ0n) is 14.6. The molecule has 1 fully saturated rings. The van der Waals surface area contributed by atoms with E-state index in [0.717, 1.165) is 19.5 Å². The zero-order valence-corrected chi connectivity index (χ0v) is 15.4. The van der Waals surface area contributed by atoms with Gasteiger partial charge in [0.05, 0.1) is 6.04 Å². The van der Waals surface area contributed by atoms with Gasteiger partial charge in [0, 0.05) is 10.6 Å². The first-order chi connectivity index (χ1) is 12.1. The fourth-order valence-electron chi connectivity index (χ4n) is 3.44. The third-order valence-corrected chi connectivity index (χ3v) is 5.27. The van der Waals surface area contributed by atoms with Crippen molar-refractivity contribution in [2.24, 2.45) is 5.92 Å². The molecule has 1 heterocycles. The molecule has 1 aliphatic heterocycles. The molecule has 0 aliphatic carbocycles. The van der Waals surface area contributed by atoms with Crippen LogP contribution in [0, 0.1) is 5.92 Å². The van der Waals surface area contributed by atoms with Gasteiger partial charge in [-0.3, -0.25) is 4.79 Å². The first-order valence-electron chi connectivity index (χ1n) is 8.92. The van der Waals surface area contributed by atoms with Crippen molar-refractivity contribution in [3.63, 3.8) is 0 Å². The first kappa shape index (κ1) is 18.0. The molecule has 1 unspecified atom stereocenters. The Hall–Kier alpha value is -1.84. The molecule has 2 aromatic rings. The van der Waals surface area contributed by atoms with Crippen LogP contribution < -0.4 is 5.32 Å². The van der Waals surface area contributed by atoms with E-state index in [-0.39, 0.29) is 11.9 Å². The molecule has 0 bridgehead atoms. The maximum absolute atomic E-state index is 12.7. The van der Waals surface area contributed by atoms with Crippen molar-refractivity contribution in [2.75, 3.05) is 20.1 Å². The number of benzene rings is 2. The Balaban J connectivity index is 1.72. The number of carbonyl (C=O) groups excluding carboxylic acids is 1. The zero-order chi connectivity index (χ0) is 17.6. The average Bonchev–Trinajstić information content (AvgIpc) is 2.64. The molecule has 1 N–H and O–H groups in total. The van der Waals surface area contributed by atoms with Gasteiger partial charge in [-0.1, -0.05) is 41.9 Å². The number of hydrogen-bond acceptors (Lipinski definition) is 2. The largest absolute Gasteiger partial charge is 0.345 e. The molecule has 0 radical (unpaired) electrons. The fourth-order valence-corrected chi connectivity index (χ4v) is 3.56. The van der Waals surface area contributed by atoms with E-state index in [1.807, 2.05) is 18.2 Å². The highest BCUT2D eigenvalue weighted by molar-refractivity contribution is 6.30. The minimum Gasteiger partial charge on any atom is -0.345 e. The maximum atomic E-state index is 12.7. The van der Waals surface area contributed by atoms with Crippen LogP contribution in [0.3, 0.4) is 0 Å². The van der Waals surface area contributed by atoms with Crippen molar-refractivity contribution >= 4 is 17.5 Å². The van der Waals surface area contributed by atoms with Gasteiger partial charge in [-0.25, -0.2) is 0 Å². The van der Waals surface area contributed by atoms with Crippen LogP contribution in [0.25, 0.3) is 0 Å². The van der Waals surface area contributed by atoms with Crippen molar-refractivity contribution < 1.29 is 4.79 Å². The summed E-state index contributed by atoms with van der Waals surface area (Å²) >= 11 is 5.92. The molecule has 1 atom stereocenters. The molecule has 0 aromatic heterocycles. The van der Waals surface area contributed by atoms with Crippen molar-refractivity contribution in [1.29, 1.82) is 0 Å². The predicted octanol–water partition coefficient (Wildman–Crippen LogP) is 4.54. The monoisotopic (exact) mass is 356 g/mol. The Morgan fingerprint density at radius 1 is 1.12 bits per heavy atom. The summed E-state index contributed by atoms with van der Waals surface area (Å²) in [6.07, 6.45) is 3.37. The molecule has 1 amide bonds. The number of piperidine rings is 1. The van der Waals surface area contributed by atoms with E-state index in [4.69, 9.17) is 11.6 Å². The fraction of sp³-hybridized carbons (Fsp3) is 0.381. The van der Waals surface area contributed by atoms with E-state index in [2.05, 4.69) is 29.4 Å². The van der Waals surface area contributed by atoms with E-state index in [1.54, 1.807) is 24.3 Å². The minimum atomic E-state index is -0.0431. The summed E-state index contributed by atoms with van der Waals surface area (Å²) < 4.78 is 0. The standard InChI is InChI=1S/C21H25ClN2O/c1-24-13-11-16(12-14-24)15-20(17-5-3-2-4-6-17)23-21(25)18-7-9-19(22)10-8-18/h2-10,16,20H,11-15H2,1H3,(H,23,25). The number of nitrogens with one attached hydrogen (secondary N) is 1. The third-order valence-electron chi connectivity index (χ3n) is 5.02. The van der Waals surface area contributed by atoms with Crippen molar-refractivity contribution in [3.8, 4) is 0 Å². The van der Waals surface area contributed by atoms with Crippen LogP contribution in [-0.2, 0) is 0 Å². The average molecular weight is 357 g/mol. The number of carbonyl (C=O) groups is 1. The van der Waals surface area contributed by atoms with Gasteiger partial charge in [0.1, 0.15) is 0 Å². The Bertz CT molecular complexity index is 679. The van der Waals surface area contributed by atoms with Gasteiger partial charge < -0.3 is 10.2 Å². The lowest BCUT2D eigenvalue weighted by atomic mass is 9.87. The summed E-state index contributed by atoms with van der Waals surface area (Å²) in [6.45, 7) is 2.27. The number of likely N-dealkylation sites (tertiary alicyclic amines) is 1. The number of amides is 1. The van der Waals surface area contributed by atoms with E-state index in [1.165, 1.54) is 18.4 Å². The van der Waals surface area contributed by atoms with Crippen LogP contribution in [0.5, 0.6) is 0 Å². The highest BCUT2D eigenvalue weighted by Crippen LogP contribution is 2.28. The number of nitrogens with zero attached hydrogens (tertiary/aromatic N) is 1. The minimum absolute atomic E-state index is 0.0396. The SMILES string of the molecule is CN1CCC(CC(NC(=O)c2ccc(Cl)cc2)c2ccccc2)CC1. The highest BCUT2D eigenvalue weighted by Gasteiger charge is 2.23. The van der Waals surface area contributed by atoms with E-state index in [0.29, 0.717) is 16.5 Å². The number of rotatable bonds is 5. The second-order valence-corrected chi connectivity index (χ2v) is 7.36. The second kappa shape index (κ2) is 8.50. The summed E-state index contributed by atoms with van der Waals surface area (Å²) in [7, 11) is 2.17. The Morgan fingerprint density at radius 2 is 1.76 bits per heavy atom. The molecule has 4 heteroatoms. The molecule has 3 rings (SSSR count). The van der Waals surface area contributed by atoms with Gasteiger partial charge >= 0.3 is 0 Å². The smallest absolute Gasteiger partial charge is 0.251 e. The lowest BCUT2D eigenvalue weighted by Crippen LogP contribution is -2.34. The molecule has 0 spiro atoms. The molecule has 2 aromatic carbocycles. The molecule has 3 nitrogen and oxygen atoms in total. The predicted molar refractivity (Wildman–Crippen MR) is 103 cm³/mol. The molecule has 0 saturated carbocycles. The van der Waals surface area contributed by atoms with Crippen LogP contribution in [-0.4, -0.2) is 30.9 Å². The summed E-state index contributed by atoms with van der Waals surface area (Å²) in [5, 5.41) is 3.87. The van der Waals surface area contributed by atoms with Crippen LogP contribution in [0.2, 0.25) is 5.02 Å². The van der Waals surface area contributed by atoms with Gasteiger partial charge in [-0.05, 0) is 75.1 Å².